The highest BCUT2D eigenvalue weighted by molar-refractivity contribution is 7.86. The lowest BCUT2D eigenvalue weighted by molar-refractivity contribution is -0.137. The van der Waals surface area contributed by atoms with Crippen LogP contribution >= 0.6 is 0 Å². The quantitative estimate of drug-likeness (QED) is 0.600. The molecule has 0 atom stereocenters. The number of hydrogen-bond acceptors (Lipinski definition) is 5. The first-order valence-electron chi connectivity index (χ1n) is 8.43. The van der Waals surface area contributed by atoms with E-state index in [4.69, 9.17) is 8.92 Å². The van der Waals surface area contributed by atoms with Crippen LogP contribution in [0.1, 0.15) is 21.5 Å². The molecule has 0 heterocycles. The van der Waals surface area contributed by atoms with Gasteiger partial charge in [0.2, 0.25) is 0 Å². The van der Waals surface area contributed by atoms with Gasteiger partial charge in [0.15, 0.2) is 0 Å². The summed E-state index contributed by atoms with van der Waals surface area (Å²) >= 11 is 0. The zero-order valence-corrected chi connectivity index (χ0v) is 16.6. The van der Waals surface area contributed by atoms with Crippen LogP contribution in [0.15, 0.2) is 48.5 Å². The predicted octanol–water partition coefficient (Wildman–Crippen LogP) is 3.33. The fraction of sp³-hybridized carbons (Fsp3) is 0.316. The molecular weight excluding hydrogens is 411 g/mol. The molecule has 1 amide bonds. The SMILES string of the molecule is COCCN(Cc1ccc(OS(C)(=O)=O)cc1)C(=O)c1ccc(C(F)(F)F)cc1. The number of benzene rings is 2. The third-order valence-corrected chi connectivity index (χ3v) is 4.35. The molecule has 0 aliphatic rings. The minimum atomic E-state index is -4.48. The number of halogens is 3. The van der Waals surface area contributed by atoms with E-state index in [0.29, 0.717) is 5.56 Å². The van der Waals surface area contributed by atoms with Gasteiger partial charge in [-0.15, -0.1) is 0 Å². The molecule has 2 aromatic rings. The molecule has 6 nitrogen and oxygen atoms in total. The lowest BCUT2D eigenvalue weighted by Gasteiger charge is -2.23. The molecule has 2 rings (SSSR count). The molecule has 0 N–H and O–H groups in total. The number of carbonyl (C=O) groups excluding carboxylic acids is 1. The van der Waals surface area contributed by atoms with Gasteiger partial charge in [-0.25, -0.2) is 0 Å². The van der Waals surface area contributed by atoms with Crippen LogP contribution in [0.3, 0.4) is 0 Å². The first-order valence-corrected chi connectivity index (χ1v) is 10.2. The fourth-order valence-corrected chi connectivity index (χ4v) is 2.94. The summed E-state index contributed by atoms with van der Waals surface area (Å²) in [6.45, 7) is 0.613. The summed E-state index contributed by atoms with van der Waals surface area (Å²) in [7, 11) is -2.18. The van der Waals surface area contributed by atoms with E-state index in [1.165, 1.54) is 24.1 Å². The predicted molar refractivity (Wildman–Crippen MR) is 100.0 cm³/mol. The minimum Gasteiger partial charge on any atom is -0.383 e. The molecule has 0 radical (unpaired) electrons. The summed E-state index contributed by atoms with van der Waals surface area (Å²) in [5.74, 6) is -0.319. The van der Waals surface area contributed by atoms with E-state index in [1.807, 2.05) is 0 Å². The van der Waals surface area contributed by atoms with Gasteiger partial charge in [-0.1, -0.05) is 12.1 Å². The van der Waals surface area contributed by atoms with E-state index in [2.05, 4.69) is 0 Å². The largest absolute Gasteiger partial charge is 0.416 e. The Kier molecular flexibility index (Phi) is 7.26. The Hall–Kier alpha value is -2.59. The second-order valence-corrected chi connectivity index (χ2v) is 7.80. The maximum absolute atomic E-state index is 12.8. The maximum atomic E-state index is 12.8. The van der Waals surface area contributed by atoms with Gasteiger partial charge in [0, 0.05) is 25.8 Å². The van der Waals surface area contributed by atoms with Crippen molar-refractivity contribution < 1.29 is 35.3 Å². The molecule has 29 heavy (non-hydrogen) atoms. The second kappa shape index (κ2) is 9.27. The summed E-state index contributed by atoms with van der Waals surface area (Å²) < 4.78 is 70.2. The van der Waals surface area contributed by atoms with E-state index in [1.54, 1.807) is 12.1 Å². The van der Waals surface area contributed by atoms with Crippen LogP contribution in [0.5, 0.6) is 5.75 Å². The Morgan fingerprint density at radius 2 is 1.62 bits per heavy atom. The van der Waals surface area contributed by atoms with Crippen molar-refractivity contribution >= 4 is 16.0 Å². The molecule has 2 aromatic carbocycles. The smallest absolute Gasteiger partial charge is 0.383 e. The van der Waals surface area contributed by atoms with E-state index < -0.39 is 27.8 Å². The second-order valence-electron chi connectivity index (χ2n) is 6.23. The molecule has 0 bridgehead atoms. The number of methoxy groups -OCH3 is 1. The number of alkyl halides is 3. The van der Waals surface area contributed by atoms with E-state index in [0.717, 1.165) is 30.5 Å². The molecule has 0 aliphatic heterocycles. The zero-order chi connectivity index (χ0) is 21.7. The molecule has 158 valence electrons. The minimum absolute atomic E-state index is 0.117. The zero-order valence-electron chi connectivity index (χ0n) is 15.8. The number of nitrogens with zero attached hydrogens (tertiary/aromatic N) is 1. The molecule has 0 saturated heterocycles. The monoisotopic (exact) mass is 431 g/mol. The average molecular weight is 431 g/mol. The maximum Gasteiger partial charge on any atom is 0.416 e. The van der Waals surface area contributed by atoms with E-state index in [-0.39, 0.29) is 31.0 Å². The van der Waals surface area contributed by atoms with Gasteiger partial charge in [0.1, 0.15) is 5.75 Å². The van der Waals surface area contributed by atoms with Gasteiger partial charge in [0.25, 0.3) is 5.91 Å². The van der Waals surface area contributed by atoms with Crippen molar-refractivity contribution in [1.82, 2.24) is 4.90 Å². The van der Waals surface area contributed by atoms with Crippen molar-refractivity contribution in [2.24, 2.45) is 0 Å². The van der Waals surface area contributed by atoms with Crippen LogP contribution in [-0.2, 0) is 27.6 Å². The number of ether oxygens (including phenoxy) is 1. The number of hydrogen-bond donors (Lipinski definition) is 0. The first kappa shape index (κ1) is 22.7. The Labute approximate surface area is 167 Å². The van der Waals surface area contributed by atoms with Crippen molar-refractivity contribution in [3.63, 3.8) is 0 Å². The highest BCUT2D eigenvalue weighted by atomic mass is 32.2. The average Bonchev–Trinajstić information content (AvgIpc) is 2.64. The van der Waals surface area contributed by atoms with Crippen LogP contribution < -0.4 is 4.18 Å². The van der Waals surface area contributed by atoms with Crippen molar-refractivity contribution in [1.29, 1.82) is 0 Å². The highest BCUT2D eigenvalue weighted by Gasteiger charge is 2.30. The summed E-state index contributed by atoms with van der Waals surface area (Å²) in [5, 5.41) is 0. The number of carbonyl (C=O) groups is 1. The van der Waals surface area contributed by atoms with Crippen LogP contribution in [0, 0.1) is 0 Å². The van der Waals surface area contributed by atoms with Gasteiger partial charge in [0.05, 0.1) is 18.4 Å². The van der Waals surface area contributed by atoms with Gasteiger partial charge < -0.3 is 13.8 Å². The Balaban J connectivity index is 2.17. The molecular formula is C19H20F3NO5S. The van der Waals surface area contributed by atoms with Crippen molar-refractivity contribution in [2.45, 2.75) is 12.7 Å². The van der Waals surface area contributed by atoms with Crippen molar-refractivity contribution in [2.75, 3.05) is 26.5 Å². The van der Waals surface area contributed by atoms with Crippen LogP contribution in [0.25, 0.3) is 0 Å². The summed E-state index contributed by atoms with van der Waals surface area (Å²) in [6, 6.07) is 10.1. The number of rotatable bonds is 8. The van der Waals surface area contributed by atoms with Gasteiger partial charge >= 0.3 is 16.3 Å². The molecule has 0 aromatic heterocycles. The van der Waals surface area contributed by atoms with E-state index in [9.17, 15) is 26.4 Å². The summed E-state index contributed by atoms with van der Waals surface area (Å²) in [6.07, 6.45) is -3.55. The van der Waals surface area contributed by atoms with Crippen LogP contribution in [0.4, 0.5) is 13.2 Å². The van der Waals surface area contributed by atoms with Gasteiger partial charge in [-0.05, 0) is 42.0 Å². The lowest BCUT2D eigenvalue weighted by Crippen LogP contribution is -2.33. The third-order valence-electron chi connectivity index (χ3n) is 3.86. The van der Waals surface area contributed by atoms with E-state index >= 15 is 0 Å². The fourth-order valence-electron chi connectivity index (χ4n) is 2.48. The Morgan fingerprint density at radius 3 is 2.10 bits per heavy atom. The molecule has 0 spiro atoms. The third kappa shape index (κ3) is 7.06. The molecule has 10 heteroatoms. The molecule has 0 saturated carbocycles. The first-order chi connectivity index (χ1) is 13.5. The normalized spacial score (nSPS) is 11.9. The molecule has 0 fully saturated rings. The van der Waals surface area contributed by atoms with Crippen molar-refractivity contribution in [3.05, 3.63) is 65.2 Å². The topological polar surface area (TPSA) is 72.9 Å². The number of amides is 1. The standard InChI is InChI=1S/C19H20F3NO5S/c1-27-12-11-23(13-14-3-9-17(10-4-14)28-29(2,25)26)18(24)15-5-7-16(8-6-15)19(20,21)22/h3-10H,11-13H2,1-2H3. The van der Waals surface area contributed by atoms with Gasteiger partial charge in [-0.3, -0.25) is 4.79 Å². The summed E-state index contributed by atoms with van der Waals surface area (Å²) in [5.41, 5.74) is -0.0349. The van der Waals surface area contributed by atoms with Crippen molar-refractivity contribution in [3.8, 4) is 5.75 Å². The highest BCUT2D eigenvalue weighted by Crippen LogP contribution is 2.29. The Bertz CT molecular complexity index is 926. The lowest BCUT2D eigenvalue weighted by atomic mass is 10.1. The molecule has 0 unspecified atom stereocenters. The van der Waals surface area contributed by atoms with Crippen LogP contribution in [0.2, 0.25) is 0 Å². The summed E-state index contributed by atoms with van der Waals surface area (Å²) in [4.78, 5) is 14.2. The van der Waals surface area contributed by atoms with Crippen LogP contribution in [-0.4, -0.2) is 45.7 Å². The Morgan fingerprint density at radius 1 is 1.03 bits per heavy atom. The van der Waals surface area contributed by atoms with Gasteiger partial charge in [-0.2, -0.15) is 21.6 Å². The molecule has 0 aliphatic carbocycles.